The van der Waals surface area contributed by atoms with Crippen LogP contribution in [-0.2, 0) is 6.54 Å². The van der Waals surface area contributed by atoms with Gasteiger partial charge in [0.2, 0.25) is 0 Å². The summed E-state index contributed by atoms with van der Waals surface area (Å²) in [6, 6.07) is 4.71. The fourth-order valence-electron chi connectivity index (χ4n) is 2.30. The van der Waals surface area contributed by atoms with Crippen LogP contribution in [-0.4, -0.2) is 19.7 Å². The van der Waals surface area contributed by atoms with Crippen molar-refractivity contribution in [1.29, 1.82) is 0 Å². The number of ether oxygens (including phenoxy) is 1. The summed E-state index contributed by atoms with van der Waals surface area (Å²) in [5.41, 5.74) is 9.41. The molecule has 0 saturated heterocycles. The molecular weight excluding hydrogens is 224 g/mol. The Hall–Kier alpha value is -1.06. The van der Waals surface area contributed by atoms with Crippen molar-refractivity contribution >= 4 is 0 Å². The molecule has 3 N–H and O–H groups in total. The minimum Gasteiger partial charge on any atom is -0.496 e. The summed E-state index contributed by atoms with van der Waals surface area (Å²) in [6.45, 7) is 10.1. The summed E-state index contributed by atoms with van der Waals surface area (Å²) < 4.78 is 5.38. The molecule has 0 aliphatic carbocycles. The molecule has 18 heavy (non-hydrogen) atoms. The van der Waals surface area contributed by atoms with E-state index in [0.717, 1.165) is 12.3 Å². The first kappa shape index (κ1) is 15.0. The molecule has 0 saturated carbocycles. The third-order valence-corrected chi connectivity index (χ3v) is 3.35. The van der Waals surface area contributed by atoms with Gasteiger partial charge in [0.05, 0.1) is 7.11 Å². The molecule has 0 aromatic heterocycles. The standard InChI is InChI=1S/C15H26N2O/c1-10(2)14(8-16)17-9-13-6-11(3)15(18-5)12(4)7-13/h6-7,10,14,17H,8-9,16H2,1-5H3. The zero-order valence-corrected chi connectivity index (χ0v) is 12.2. The highest BCUT2D eigenvalue weighted by Crippen LogP contribution is 2.24. The van der Waals surface area contributed by atoms with Gasteiger partial charge in [0.1, 0.15) is 5.75 Å². The molecule has 0 aliphatic rings. The molecule has 0 fully saturated rings. The Kier molecular flexibility index (Phi) is 5.63. The van der Waals surface area contributed by atoms with Gasteiger partial charge in [-0.15, -0.1) is 0 Å². The second kappa shape index (κ2) is 6.76. The maximum atomic E-state index is 5.76. The van der Waals surface area contributed by atoms with Gasteiger partial charge in [-0.05, 0) is 36.5 Å². The van der Waals surface area contributed by atoms with Gasteiger partial charge >= 0.3 is 0 Å². The maximum Gasteiger partial charge on any atom is 0.124 e. The molecule has 102 valence electrons. The number of aryl methyl sites for hydroxylation is 2. The van der Waals surface area contributed by atoms with E-state index in [1.165, 1.54) is 16.7 Å². The molecule has 1 unspecified atom stereocenters. The second-order valence-corrected chi connectivity index (χ2v) is 5.23. The predicted molar refractivity (Wildman–Crippen MR) is 77.0 cm³/mol. The van der Waals surface area contributed by atoms with E-state index >= 15 is 0 Å². The molecular formula is C15H26N2O. The summed E-state index contributed by atoms with van der Waals surface area (Å²) >= 11 is 0. The van der Waals surface area contributed by atoms with Crippen LogP contribution in [0.25, 0.3) is 0 Å². The first-order valence-electron chi connectivity index (χ1n) is 6.57. The van der Waals surface area contributed by atoms with Crippen LogP contribution in [0.3, 0.4) is 0 Å². The fraction of sp³-hybridized carbons (Fsp3) is 0.600. The molecule has 0 spiro atoms. The first-order valence-corrected chi connectivity index (χ1v) is 6.57. The largest absolute Gasteiger partial charge is 0.496 e. The summed E-state index contributed by atoms with van der Waals surface area (Å²) in [7, 11) is 1.72. The highest BCUT2D eigenvalue weighted by atomic mass is 16.5. The molecule has 0 bridgehead atoms. The SMILES string of the molecule is COc1c(C)cc(CNC(CN)C(C)C)cc1C. The van der Waals surface area contributed by atoms with Crippen molar-refractivity contribution < 1.29 is 4.74 Å². The van der Waals surface area contributed by atoms with Crippen LogP contribution < -0.4 is 15.8 Å². The summed E-state index contributed by atoms with van der Waals surface area (Å²) in [5, 5.41) is 3.51. The molecule has 1 aromatic rings. The van der Waals surface area contributed by atoms with E-state index < -0.39 is 0 Å². The predicted octanol–water partition coefficient (Wildman–Crippen LogP) is 2.38. The molecule has 0 heterocycles. The van der Waals surface area contributed by atoms with Crippen molar-refractivity contribution in [2.75, 3.05) is 13.7 Å². The van der Waals surface area contributed by atoms with Crippen LogP contribution in [0.1, 0.15) is 30.5 Å². The van der Waals surface area contributed by atoms with E-state index in [-0.39, 0.29) is 0 Å². The Morgan fingerprint density at radius 1 is 1.22 bits per heavy atom. The van der Waals surface area contributed by atoms with Gasteiger partial charge in [-0.3, -0.25) is 0 Å². The Labute approximate surface area is 111 Å². The number of rotatable bonds is 6. The minimum atomic E-state index is 0.368. The highest BCUT2D eigenvalue weighted by Gasteiger charge is 2.11. The zero-order valence-electron chi connectivity index (χ0n) is 12.2. The van der Waals surface area contributed by atoms with Crippen LogP contribution in [0, 0.1) is 19.8 Å². The molecule has 3 nitrogen and oxygen atoms in total. The van der Waals surface area contributed by atoms with Crippen molar-refractivity contribution in [2.24, 2.45) is 11.7 Å². The number of hydrogen-bond acceptors (Lipinski definition) is 3. The minimum absolute atomic E-state index is 0.368. The molecule has 1 atom stereocenters. The van der Waals surface area contributed by atoms with E-state index in [2.05, 4.69) is 45.1 Å². The van der Waals surface area contributed by atoms with Crippen LogP contribution in [0.2, 0.25) is 0 Å². The van der Waals surface area contributed by atoms with Crippen molar-refractivity contribution in [2.45, 2.75) is 40.3 Å². The Balaban J connectivity index is 2.74. The van der Waals surface area contributed by atoms with Crippen molar-refractivity contribution in [3.05, 3.63) is 28.8 Å². The third-order valence-electron chi connectivity index (χ3n) is 3.35. The van der Waals surface area contributed by atoms with Gasteiger partial charge in [0, 0.05) is 19.1 Å². The number of nitrogens with one attached hydrogen (secondary N) is 1. The van der Waals surface area contributed by atoms with Gasteiger partial charge in [-0.2, -0.15) is 0 Å². The Bertz CT molecular complexity index is 365. The lowest BCUT2D eigenvalue weighted by Gasteiger charge is -2.21. The summed E-state index contributed by atoms with van der Waals surface area (Å²) in [6.07, 6.45) is 0. The van der Waals surface area contributed by atoms with Crippen LogP contribution in [0.15, 0.2) is 12.1 Å². The molecule has 0 radical (unpaired) electrons. The van der Waals surface area contributed by atoms with Gasteiger partial charge in [-0.1, -0.05) is 26.0 Å². The number of nitrogens with two attached hydrogens (primary N) is 1. The van der Waals surface area contributed by atoms with Crippen molar-refractivity contribution in [3.8, 4) is 5.75 Å². The Morgan fingerprint density at radius 2 is 1.78 bits per heavy atom. The number of methoxy groups -OCH3 is 1. The lowest BCUT2D eigenvalue weighted by molar-refractivity contribution is 0.402. The van der Waals surface area contributed by atoms with Crippen molar-refractivity contribution in [1.82, 2.24) is 5.32 Å². The lowest BCUT2D eigenvalue weighted by Crippen LogP contribution is -2.39. The van der Waals surface area contributed by atoms with E-state index in [0.29, 0.717) is 18.5 Å². The van der Waals surface area contributed by atoms with Gasteiger partial charge in [0.15, 0.2) is 0 Å². The van der Waals surface area contributed by atoms with Gasteiger partial charge in [-0.25, -0.2) is 0 Å². The number of hydrogen-bond donors (Lipinski definition) is 2. The molecule has 3 heteroatoms. The molecule has 0 amide bonds. The van der Waals surface area contributed by atoms with Crippen molar-refractivity contribution in [3.63, 3.8) is 0 Å². The van der Waals surface area contributed by atoms with Crippen LogP contribution >= 0.6 is 0 Å². The second-order valence-electron chi connectivity index (χ2n) is 5.23. The molecule has 0 aliphatic heterocycles. The lowest BCUT2D eigenvalue weighted by atomic mass is 10.0. The van der Waals surface area contributed by atoms with Crippen LogP contribution in [0.5, 0.6) is 5.75 Å². The van der Waals surface area contributed by atoms with Gasteiger partial charge < -0.3 is 15.8 Å². The summed E-state index contributed by atoms with van der Waals surface area (Å²) in [5.74, 6) is 1.54. The smallest absolute Gasteiger partial charge is 0.124 e. The number of benzene rings is 1. The average molecular weight is 250 g/mol. The zero-order chi connectivity index (χ0) is 13.7. The van der Waals surface area contributed by atoms with Gasteiger partial charge in [0.25, 0.3) is 0 Å². The summed E-state index contributed by atoms with van der Waals surface area (Å²) in [4.78, 5) is 0. The van der Waals surface area contributed by atoms with E-state index in [4.69, 9.17) is 10.5 Å². The monoisotopic (exact) mass is 250 g/mol. The quantitative estimate of drug-likeness (QED) is 0.815. The van der Waals surface area contributed by atoms with E-state index in [1.54, 1.807) is 7.11 Å². The fourth-order valence-corrected chi connectivity index (χ4v) is 2.30. The maximum absolute atomic E-state index is 5.76. The molecule has 1 rings (SSSR count). The van der Waals surface area contributed by atoms with E-state index in [9.17, 15) is 0 Å². The normalized spacial score (nSPS) is 12.8. The topological polar surface area (TPSA) is 47.3 Å². The third kappa shape index (κ3) is 3.72. The van der Waals surface area contributed by atoms with E-state index in [1.807, 2.05) is 0 Å². The first-order chi connectivity index (χ1) is 8.49. The Morgan fingerprint density at radius 3 is 2.17 bits per heavy atom. The highest BCUT2D eigenvalue weighted by molar-refractivity contribution is 5.43. The van der Waals surface area contributed by atoms with Crippen LogP contribution in [0.4, 0.5) is 0 Å². The molecule has 1 aromatic carbocycles. The average Bonchev–Trinajstić information content (AvgIpc) is 2.29.